The monoisotopic (exact) mass is 373 g/mol. The van der Waals surface area contributed by atoms with Gasteiger partial charge in [0, 0.05) is 29.8 Å². The van der Waals surface area contributed by atoms with Crippen molar-refractivity contribution < 1.29 is 14.1 Å². The molecule has 4 aromatic rings. The predicted octanol–water partition coefficient (Wildman–Crippen LogP) is 3.60. The van der Waals surface area contributed by atoms with E-state index < -0.39 is 0 Å². The molecule has 1 fully saturated rings. The van der Waals surface area contributed by atoms with Gasteiger partial charge in [-0.1, -0.05) is 35.5 Å². The number of likely N-dealkylation sites (tertiary alicyclic amines) is 1. The Morgan fingerprint density at radius 2 is 1.96 bits per heavy atom. The highest BCUT2D eigenvalue weighted by molar-refractivity contribution is 5.86. The predicted molar refractivity (Wildman–Crippen MR) is 105 cm³/mol. The summed E-state index contributed by atoms with van der Waals surface area (Å²) in [7, 11) is 0. The van der Waals surface area contributed by atoms with Crippen LogP contribution in [0.4, 0.5) is 0 Å². The lowest BCUT2D eigenvalue weighted by Crippen LogP contribution is -2.32. The van der Waals surface area contributed by atoms with Crippen molar-refractivity contribution in [3.8, 4) is 5.88 Å². The summed E-state index contributed by atoms with van der Waals surface area (Å²) in [5.41, 5.74) is 2.29. The fourth-order valence-electron chi connectivity index (χ4n) is 3.66. The molecule has 5 rings (SSSR count). The smallest absolute Gasteiger partial charge is 0.228 e. The van der Waals surface area contributed by atoms with Gasteiger partial charge in [0.2, 0.25) is 11.8 Å². The topological polar surface area (TPSA) is 68.5 Å². The molecule has 1 atom stereocenters. The van der Waals surface area contributed by atoms with E-state index in [0.717, 1.165) is 22.7 Å². The van der Waals surface area contributed by atoms with Gasteiger partial charge in [0.15, 0.2) is 5.58 Å². The Kier molecular flexibility index (Phi) is 4.16. The first-order chi connectivity index (χ1) is 13.8. The molecule has 1 unspecified atom stereocenters. The van der Waals surface area contributed by atoms with E-state index >= 15 is 0 Å². The third-order valence-electron chi connectivity index (χ3n) is 5.13. The summed E-state index contributed by atoms with van der Waals surface area (Å²) in [6, 6.07) is 19.4. The number of aromatic nitrogens is 2. The normalized spacial score (nSPS) is 16.7. The molecule has 0 radical (unpaired) electrons. The van der Waals surface area contributed by atoms with Crippen LogP contribution in [0.3, 0.4) is 0 Å². The van der Waals surface area contributed by atoms with Crippen molar-refractivity contribution in [3.05, 3.63) is 66.4 Å². The lowest BCUT2D eigenvalue weighted by Gasteiger charge is -2.16. The molecule has 1 aliphatic heterocycles. The molecule has 0 N–H and O–H groups in total. The van der Waals surface area contributed by atoms with Crippen molar-refractivity contribution in [1.82, 2.24) is 15.0 Å². The molecule has 0 bridgehead atoms. The van der Waals surface area contributed by atoms with E-state index in [4.69, 9.17) is 9.26 Å². The number of rotatable bonds is 4. The number of para-hydroxylation sites is 2. The molecule has 1 saturated heterocycles. The highest BCUT2D eigenvalue weighted by Crippen LogP contribution is 2.22. The van der Waals surface area contributed by atoms with Crippen molar-refractivity contribution in [3.63, 3.8) is 0 Å². The first-order valence-electron chi connectivity index (χ1n) is 9.40. The van der Waals surface area contributed by atoms with Gasteiger partial charge < -0.3 is 14.2 Å². The number of hydrogen-bond acceptors (Lipinski definition) is 5. The molecular formula is C22H19N3O3. The van der Waals surface area contributed by atoms with Crippen LogP contribution >= 0.6 is 0 Å². The molecule has 1 aliphatic rings. The molecule has 3 heterocycles. The van der Waals surface area contributed by atoms with Crippen molar-refractivity contribution in [2.24, 2.45) is 0 Å². The molecule has 140 valence electrons. The van der Waals surface area contributed by atoms with E-state index in [0.29, 0.717) is 30.2 Å². The van der Waals surface area contributed by atoms with E-state index in [2.05, 4.69) is 10.1 Å². The van der Waals surface area contributed by atoms with Crippen LogP contribution in [-0.4, -0.2) is 40.1 Å². The fourth-order valence-corrected chi connectivity index (χ4v) is 3.66. The number of pyridine rings is 1. The highest BCUT2D eigenvalue weighted by Gasteiger charge is 2.28. The Morgan fingerprint density at radius 1 is 1.11 bits per heavy atom. The van der Waals surface area contributed by atoms with Gasteiger partial charge >= 0.3 is 0 Å². The second kappa shape index (κ2) is 6.96. The second-order valence-electron chi connectivity index (χ2n) is 7.01. The molecule has 0 spiro atoms. The summed E-state index contributed by atoms with van der Waals surface area (Å²) in [5.74, 6) is 0.636. The second-order valence-corrected chi connectivity index (χ2v) is 7.01. The minimum Gasteiger partial charge on any atom is -0.472 e. The SMILES string of the molecule is O=C(Cc1noc2ccccc12)N1CCC(Oc2ccc3ccccc3n2)C1. The van der Waals surface area contributed by atoms with E-state index in [1.54, 1.807) is 0 Å². The Morgan fingerprint density at radius 3 is 2.93 bits per heavy atom. The average molecular weight is 373 g/mol. The number of nitrogens with zero attached hydrogens (tertiary/aromatic N) is 3. The van der Waals surface area contributed by atoms with Gasteiger partial charge in [0.05, 0.1) is 18.5 Å². The molecule has 6 heteroatoms. The van der Waals surface area contributed by atoms with Gasteiger partial charge in [-0.3, -0.25) is 4.79 Å². The van der Waals surface area contributed by atoms with E-state index in [1.165, 1.54) is 0 Å². The van der Waals surface area contributed by atoms with Gasteiger partial charge in [0.25, 0.3) is 0 Å². The van der Waals surface area contributed by atoms with Crippen LogP contribution in [0.5, 0.6) is 5.88 Å². The number of fused-ring (bicyclic) bond motifs is 2. The Bertz CT molecular complexity index is 1150. The van der Waals surface area contributed by atoms with Gasteiger partial charge in [-0.15, -0.1) is 0 Å². The van der Waals surface area contributed by atoms with E-state index in [9.17, 15) is 4.79 Å². The number of carbonyl (C=O) groups is 1. The fraction of sp³-hybridized carbons (Fsp3) is 0.227. The van der Waals surface area contributed by atoms with E-state index in [-0.39, 0.29) is 18.4 Å². The van der Waals surface area contributed by atoms with Crippen LogP contribution in [0, 0.1) is 0 Å². The molecule has 1 amide bonds. The quantitative estimate of drug-likeness (QED) is 0.547. The maximum atomic E-state index is 12.7. The molecule has 0 aliphatic carbocycles. The summed E-state index contributed by atoms with van der Waals surface area (Å²) < 4.78 is 11.3. The Hall–Kier alpha value is -3.41. The van der Waals surface area contributed by atoms with Gasteiger partial charge in [0.1, 0.15) is 11.8 Å². The van der Waals surface area contributed by atoms with Crippen molar-refractivity contribution in [2.75, 3.05) is 13.1 Å². The van der Waals surface area contributed by atoms with Crippen LogP contribution in [0.25, 0.3) is 21.9 Å². The summed E-state index contributed by atoms with van der Waals surface area (Å²) in [6.45, 7) is 1.23. The van der Waals surface area contributed by atoms with Crippen LogP contribution in [0.2, 0.25) is 0 Å². The van der Waals surface area contributed by atoms with Crippen LogP contribution in [-0.2, 0) is 11.2 Å². The zero-order valence-electron chi connectivity index (χ0n) is 15.2. The summed E-state index contributed by atoms with van der Waals surface area (Å²) >= 11 is 0. The molecule has 0 saturated carbocycles. The van der Waals surface area contributed by atoms with Crippen molar-refractivity contribution >= 4 is 27.8 Å². The number of benzene rings is 2. The molecule has 28 heavy (non-hydrogen) atoms. The lowest BCUT2D eigenvalue weighted by atomic mass is 10.1. The first kappa shape index (κ1) is 16.7. The van der Waals surface area contributed by atoms with Crippen LogP contribution in [0.15, 0.2) is 65.2 Å². The van der Waals surface area contributed by atoms with Crippen LogP contribution in [0.1, 0.15) is 12.1 Å². The third-order valence-corrected chi connectivity index (χ3v) is 5.13. The van der Waals surface area contributed by atoms with Gasteiger partial charge in [-0.05, 0) is 24.3 Å². The summed E-state index contributed by atoms with van der Waals surface area (Å²) in [6.07, 6.45) is 0.976. The maximum absolute atomic E-state index is 12.7. The van der Waals surface area contributed by atoms with Crippen molar-refractivity contribution in [1.29, 1.82) is 0 Å². The highest BCUT2D eigenvalue weighted by atomic mass is 16.5. The average Bonchev–Trinajstić information content (AvgIpc) is 3.35. The van der Waals surface area contributed by atoms with E-state index in [1.807, 2.05) is 65.6 Å². The molecule has 2 aromatic heterocycles. The standard InChI is InChI=1S/C22H19N3O3/c26-22(13-19-17-6-2-4-8-20(17)28-24-19)25-12-11-16(14-25)27-21-10-9-15-5-1-3-7-18(15)23-21/h1-10,16H,11-14H2. The summed E-state index contributed by atoms with van der Waals surface area (Å²) in [4.78, 5) is 19.1. The maximum Gasteiger partial charge on any atom is 0.228 e. The Balaban J connectivity index is 1.24. The largest absolute Gasteiger partial charge is 0.472 e. The number of amides is 1. The first-order valence-corrected chi connectivity index (χ1v) is 9.40. The number of hydrogen-bond donors (Lipinski definition) is 0. The van der Waals surface area contributed by atoms with Crippen LogP contribution < -0.4 is 4.74 Å². The minimum absolute atomic E-state index is 0.0385. The number of carbonyl (C=O) groups excluding carboxylic acids is 1. The molecular weight excluding hydrogens is 354 g/mol. The van der Waals surface area contributed by atoms with Gasteiger partial charge in [-0.2, -0.15) is 0 Å². The number of ether oxygens (including phenoxy) is 1. The molecule has 2 aromatic carbocycles. The summed E-state index contributed by atoms with van der Waals surface area (Å²) in [5, 5.41) is 6.03. The Labute approximate surface area is 161 Å². The zero-order valence-corrected chi connectivity index (χ0v) is 15.2. The molecule has 6 nitrogen and oxygen atoms in total. The van der Waals surface area contributed by atoms with Gasteiger partial charge in [-0.25, -0.2) is 4.98 Å². The zero-order chi connectivity index (χ0) is 18.9. The minimum atomic E-state index is -0.0494. The lowest BCUT2D eigenvalue weighted by molar-refractivity contribution is -0.129. The van der Waals surface area contributed by atoms with Crippen molar-refractivity contribution in [2.45, 2.75) is 18.9 Å². The third kappa shape index (κ3) is 3.17.